The molecule has 1 aromatic heterocycles. The Morgan fingerprint density at radius 2 is 1.92 bits per heavy atom. The Balaban J connectivity index is 2.69. The van der Waals surface area contributed by atoms with Gasteiger partial charge < -0.3 is 0 Å². The van der Waals surface area contributed by atoms with Gasteiger partial charge in [-0.2, -0.15) is 5.10 Å². The van der Waals surface area contributed by atoms with E-state index in [1.54, 1.807) is 11.0 Å². The number of nitrogens with zero attached hydrogens (tertiary/aromatic N) is 3. The lowest BCUT2D eigenvalue weighted by Crippen LogP contribution is -2.48. The number of carbonyl (C=O) groups is 1. The second-order valence-electron chi connectivity index (χ2n) is 7.33. The molecule has 1 heterocycles. The number of ketones is 1. The zero-order valence-corrected chi connectivity index (χ0v) is 15.6. The van der Waals surface area contributed by atoms with E-state index in [2.05, 4.69) is 10.1 Å². The van der Waals surface area contributed by atoms with Crippen molar-refractivity contribution in [1.82, 2.24) is 14.8 Å². The predicted octanol–water partition coefficient (Wildman–Crippen LogP) is 4.45. The number of hydrogen-bond donors (Lipinski definition) is 0. The van der Waals surface area contributed by atoms with Crippen LogP contribution in [0.25, 0.3) is 0 Å². The summed E-state index contributed by atoms with van der Waals surface area (Å²) in [5.41, 5.74) is 0.442. The third-order valence-corrected chi connectivity index (χ3v) is 4.22. The summed E-state index contributed by atoms with van der Waals surface area (Å²) < 4.78 is 1.65. The van der Waals surface area contributed by atoms with Crippen LogP contribution in [0.4, 0.5) is 0 Å². The number of rotatable bonds is 5. The molecule has 0 spiro atoms. The Kier molecular flexibility index (Phi) is 5.29. The average Bonchev–Trinajstić information content (AvgIpc) is 3.01. The quantitative estimate of drug-likeness (QED) is 0.752. The van der Waals surface area contributed by atoms with Crippen LogP contribution in [0.1, 0.15) is 40.2 Å². The van der Waals surface area contributed by atoms with Gasteiger partial charge in [0, 0.05) is 16.9 Å². The molecule has 128 valence electrons. The first-order valence-corrected chi connectivity index (χ1v) is 8.34. The van der Waals surface area contributed by atoms with Crippen LogP contribution >= 0.6 is 11.6 Å². The minimum absolute atomic E-state index is 0.0709. The Morgan fingerprint density at radius 3 is 2.42 bits per heavy atom. The fraction of sp³-hybridized carbons (Fsp3) is 0.421. The van der Waals surface area contributed by atoms with Crippen molar-refractivity contribution in [2.75, 3.05) is 0 Å². The summed E-state index contributed by atoms with van der Waals surface area (Å²) in [5.74, 6) is 0.0709. The van der Waals surface area contributed by atoms with Gasteiger partial charge in [-0.05, 0) is 25.5 Å². The molecule has 5 heteroatoms. The Hall–Kier alpha value is -1.94. The monoisotopic (exact) mass is 345 g/mol. The molecular weight excluding hydrogens is 322 g/mol. The minimum atomic E-state index is -0.960. The van der Waals surface area contributed by atoms with Gasteiger partial charge >= 0.3 is 0 Å². The van der Waals surface area contributed by atoms with Crippen molar-refractivity contribution < 1.29 is 4.79 Å². The molecule has 0 radical (unpaired) electrons. The highest BCUT2D eigenvalue weighted by molar-refractivity contribution is 6.31. The molecule has 0 saturated carbocycles. The van der Waals surface area contributed by atoms with Crippen molar-refractivity contribution in [2.24, 2.45) is 5.41 Å². The molecule has 24 heavy (non-hydrogen) atoms. The van der Waals surface area contributed by atoms with Crippen molar-refractivity contribution in [3.8, 4) is 0 Å². The van der Waals surface area contributed by atoms with Gasteiger partial charge in [0.25, 0.3) is 0 Å². The van der Waals surface area contributed by atoms with E-state index in [1.165, 1.54) is 6.33 Å². The van der Waals surface area contributed by atoms with Gasteiger partial charge in [0.2, 0.25) is 0 Å². The first-order valence-electron chi connectivity index (χ1n) is 7.96. The van der Waals surface area contributed by atoms with Gasteiger partial charge in [0.05, 0.1) is 0 Å². The number of carbonyl (C=O) groups excluding carboxylic acids is 1. The molecule has 0 aliphatic heterocycles. The molecule has 2 aromatic rings. The van der Waals surface area contributed by atoms with Gasteiger partial charge in [-0.1, -0.05) is 62.2 Å². The van der Waals surface area contributed by atoms with Crippen molar-refractivity contribution in [2.45, 2.75) is 46.6 Å². The van der Waals surface area contributed by atoms with E-state index in [0.717, 1.165) is 11.1 Å². The van der Waals surface area contributed by atoms with Gasteiger partial charge in [-0.25, -0.2) is 9.67 Å². The summed E-state index contributed by atoms with van der Waals surface area (Å²) in [6.07, 6.45) is 5.45. The normalized spacial score (nSPS) is 14.1. The topological polar surface area (TPSA) is 47.8 Å². The SMILES string of the molecule is CC(C)=CC(Cc1ccccc1Cl)(C(=O)C(C)(C)C)n1cncn1. The highest BCUT2D eigenvalue weighted by Crippen LogP contribution is 2.35. The van der Waals surface area contributed by atoms with E-state index in [9.17, 15) is 4.79 Å². The Bertz CT molecular complexity index is 740. The van der Waals surface area contributed by atoms with Crippen LogP contribution in [0.15, 0.2) is 48.6 Å². The zero-order chi connectivity index (χ0) is 18.0. The van der Waals surface area contributed by atoms with Crippen LogP contribution in [-0.4, -0.2) is 20.5 Å². The predicted molar refractivity (Wildman–Crippen MR) is 97.0 cm³/mol. The van der Waals surface area contributed by atoms with Gasteiger partial charge in [-0.3, -0.25) is 4.79 Å². The molecule has 0 aliphatic rings. The molecule has 0 amide bonds. The minimum Gasteiger partial charge on any atom is -0.296 e. The highest BCUT2D eigenvalue weighted by atomic mass is 35.5. The number of benzene rings is 1. The molecule has 4 nitrogen and oxygen atoms in total. The maximum absolute atomic E-state index is 13.5. The fourth-order valence-electron chi connectivity index (χ4n) is 2.92. The average molecular weight is 346 g/mol. The largest absolute Gasteiger partial charge is 0.296 e. The second-order valence-corrected chi connectivity index (χ2v) is 7.74. The summed E-state index contributed by atoms with van der Waals surface area (Å²) >= 11 is 6.37. The molecule has 2 rings (SSSR count). The highest BCUT2D eigenvalue weighted by Gasteiger charge is 2.44. The lowest BCUT2D eigenvalue weighted by molar-refractivity contribution is -0.133. The van der Waals surface area contributed by atoms with Gasteiger partial charge in [0.15, 0.2) is 5.78 Å². The molecular formula is C19H24ClN3O. The number of hydrogen-bond acceptors (Lipinski definition) is 3. The van der Waals surface area contributed by atoms with Crippen LogP contribution in [0.5, 0.6) is 0 Å². The van der Waals surface area contributed by atoms with Gasteiger partial charge in [-0.15, -0.1) is 0 Å². The fourth-order valence-corrected chi connectivity index (χ4v) is 3.12. The van der Waals surface area contributed by atoms with Crippen LogP contribution in [-0.2, 0) is 16.8 Å². The number of allylic oxidation sites excluding steroid dienone is 2. The van der Waals surface area contributed by atoms with Crippen molar-refractivity contribution in [1.29, 1.82) is 0 Å². The number of Topliss-reactive ketones (excluding diaryl/α,β-unsaturated/α-hetero) is 1. The summed E-state index contributed by atoms with van der Waals surface area (Å²) in [6, 6.07) is 7.60. The summed E-state index contributed by atoms with van der Waals surface area (Å²) in [7, 11) is 0. The van der Waals surface area contributed by atoms with Crippen LogP contribution < -0.4 is 0 Å². The molecule has 1 aromatic carbocycles. The molecule has 1 unspecified atom stereocenters. The van der Waals surface area contributed by atoms with E-state index in [1.807, 2.05) is 65.0 Å². The summed E-state index contributed by atoms with van der Waals surface area (Å²) in [5, 5.41) is 4.94. The third-order valence-electron chi connectivity index (χ3n) is 3.85. The van der Waals surface area contributed by atoms with Crippen molar-refractivity contribution in [3.05, 3.63) is 59.2 Å². The standard InChI is InChI=1S/C19H24ClN3O/c1-14(2)10-19(17(24)18(3,4)5,23-13-21-12-22-23)11-15-8-6-7-9-16(15)20/h6-10,12-13H,11H2,1-5H3. The van der Waals surface area contributed by atoms with Crippen molar-refractivity contribution in [3.63, 3.8) is 0 Å². The molecule has 0 saturated heterocycles. The van der Waals surface area contributed by atoms with Crippen LogP contribution in [0.2, 0.25) is 5.02 Å². The molecule has 0 bridgehead atoms. The van der Waals surface area contributed by atoms with Crippen molar-refractivity contribution >= 4 is 17.4 Å². The van der Waals surface area contributed by atoms with E-state index in [4.69, 9.17) is 11.6 Å². The summed E-state index contributed by atoms with van der Waals surface area (Å²) in [6.45, 7) is 9.73. The van der Waals surface area contributed by atoms with Crippen LogP contribution in [0, 0.1) is 5.41 Å². The Morgan fingerprint density at radius 1 is 1.25 bits per heavy atom. The zero-order valence-electron chi connectivity index (χ0n) is 14.9. The lowest BCUT2D eigenvalue weighted by Gasteiger charge is -2.35. The van der Waals surface area contributed by atoms with Gasteiger partial charge in [0.1, 0.15) is 18.2 Å². The Labute approximate surface area is 148 Å². The van der Waals surface area contributed by atoms with E-state index >= 15 is 0 Å². The smallest absolute Gasteiger partial charge is 0.170 e. The third kappa shape index (κ3) is 3.75. The molecule has 0 N–H and O–H groups in total. The van der Waals surface area contributed by atoms with E-state index < -0.39 is 11.0 Å². The van der Waals surface area contributed by atoms with E-state index in [0.29, 0.717) is 11.4 Å². The molecule has 0 fully saturated rings. The molecule has 0 aliphatic carbocycles. The van der Waals surface area contributed by atoms with Crippen LogP contribution in [0.3, 0.4) is 0 Å². The number of halogens is 1. The van der Waals surface area contributed by atoms with E-state index in [-0.39, 0.29) is 5.78 Å². The second kappa shape index (κ2) is 6.89. The first kappa shape index (κ1) is 18.4. The summed E-state index contributed by atoms with van der Waals surface area (Å²) in [4.78, 5) is 17.5. The lowest BCUT2D eigenvalue weighted by atomic mass is 9.74. The first-order chi connectivity index (χ1) is 11.2. The molecule has 1 atom stereocenters. The maximum Gasteiger partial charge on any atom is 0.170 e. The maximum atomic E-state index is 13.5. The number of aromatic nitrogens is 3.